The molecule has 1 atom stereocenters. The average Bonchev–Trinajstić information content (AvgIpc) is 2.92. The van der Waals surface area contributed by atoms with Crippen molar-refractivity contribution in [3.05, 3.63) is 65.2 Å². The fourth-order valence-corrected chi connectivity index (χ4v) is 5.08. The van der Waals surface area contributed by atoms with Crippen molar-refractivity contribution in [2.75, 3.05) is 33.3 Å². The van der Waals surface area contributed by atoms with Crippen molar-refractivity contribution in [1.82, 2.24) is 15.1 Å². The van der Waals surface area contributed by atoms with Crippen LogP contribution >= 0.6 is 0 Å². The van der Waals surface area contributed by atoms with E-state index < -0.39 is 6.04 Å². The second-order valence-corrected chi connectivity index (χ2v) is 9.51. The second kappa shape index (κ2) is 11.4. The molecule has 0 unspecified atom stereocenters. The van der Waals surface area contributed by atoms with Crippen molar-refractivity contribution in [3.63, 3.8) is 0 Å². The minimum Gasteiger partial charge on any atom is -0.497 e. The van der Waals surface area contributed by atoms with Gasteiger partial charge in [0, 0.05) is 37.3 Å². The summed E-state index contributed by atoms with van der Waals surface area (Å²) in [5.74, 6) is 0.417. The lowest BCUT2D eigenvalue weighted by Crippen LogP contribution is -2.55. The Balaban J connectivity index is 1.47. The first-order valence-corrected chi connectivity index (χ1v) is 12.6. The van der Waals surface area contributed by atoms with Crippen molar-refractivity contribution in [2.45, 2.75) is 45.1 Å². The van der Waals surface area contributed by atoms with E-state index >= 15 is 0 Å². The molecule has 7 heteroatoms. The third-order valence-electron chi connectivity index (χ3n) is 7.25. The number of ether oxygens (including phenoxy) is 1. The molecule has 0 saturated carbocycles. The van der Waals surface area contributed by atoms with Gasteiger partial charge in [0.25, 0.3) is 11.8 Å². The Morgan fingerprint density at radius 3 is 2.17 bits per heavy atom. The topological polar surface area (TPSA) is 79.0 Å². The predicted octanol–water partition coefficient (Wildman–Crippen LogP) is 3.67. The Morgan fingerprint density at radius 2 is 1.54 bits per heavy atom. The van der Waals surface area contributed by atoms with E-state index in [1.54, 1.807) is 31.4 Å². The van der Waals surface area contributed by atoms with Crippen LogP contribution < -0.4 is 10.1 Å². The molecule has 4 rings (SSSR count). The van der Waals surface area contributed by atoms with Gasteiger partial charge in [-0.3, -0.25) is 14.4 Å². The maximum Gasteiger partial charge on any atom is 0.254 e. The summed E-state index contributed by atoms with van der Waals surface area (Å²) in [6, 6.07) is 13.9. The number of hydrogen-bond acceptors (Lipinski definition) is 4. The van der Waals surface area contributed by atoms with Crippen LogP contribution in [-0.2, 0) is 4.79 Å². The highest BCUT2D eigenvalue weighted by Gasteiger charge is 2.36. The van der Waals surface area contributed by atoms with Gasteiger partial charge in [-0.2, -0.15) is 0 Å². The Kier molecular flexibility index (Phi) is 8.06. The van der Waals surface area contributed by atoms with Gasteiger partial charge < -0.3 is 19.9 Å². The molecule has 0 radical (unpaired) electrons. The Morgan fingerprint density at radius 1 is 0.886 bits per heavy atom. The summed E-state index contributed by atoms with van der Waals surface area (Å²) in [6.07, 6.45) is 4.46. The van der Waals surface area contributed by atoms with Crippen molar-refractivity contribution >= 4 is 17.7 Å². The Bertz CT molecular complexity index is 1040. The third-order valence-corrected chi connectivity index (χ3v) is 7.25. The molecular formula is C28H35N3O4. The lowest BCUT2D eigenvalue weighted by molar-refractivity contribution is -0.136. The number of piperidine rings is 2. The first-order chi connectivity index (χ1) is 17.0. The van der Waals surface area contributed by atoms with Crippen LogP contribution in [0, 0.1) is 12.8 Å². The van der Waals surface area contributed by atoms with E-state index in [1.807, 2.05) is 41.0 Å². The molecule has 2 saturated heterocycles. The Labute approximate surface area is 207 Å². The first-order valence-electron chi connectivity index (χ1n) is 12.6. The van der Waals surface area contributed by atoms with Crippen molar-refractivity contribution in [2.24, 2.45) is 5.92 Å². The van der Waals surface area contributed by atoms with E-state index in [2.05, 4.69) is 5.32 Å². The minimum absolute atomic E-state index is 0.00441. The molecule has 35 heavy (non-hydrogen) atoms. The summed E-state index contributed by atoms with van der Waals surface area (Å²) < 4.78 is 5.19. The summed E-state index contributed by atoms with van der Waals surface area (Å²) >= 11 is 0. The van der Waals surface area contributed by atoms with E-state index in [9.17, 15) is 14.4 Å². The van der Waals surface area contributed by atoms with Crippen LogP contribution in [0.25, 0.3) is 0 Å². The van der Waals surface area contributed by atoms with E-state index in [0.717, 1.165) is 43.5 Å². The molecule has 0 bridgehead atoms. The maximum atomic E-state index is 13.6. The number of nitrogens with one attached hydrogen (secondary N) is 1. The van der Waals surface area contributed by atoms with Gasteiger partial charge in [0.2, 0.25) is 5.91 Å². The maximum absolute atomic E-state index is 13.6. The highest BCUT2D eigenvalue weighted by atomic mass is 16.5. The molecule has 186 valence electrons. The summed E-state index contributed by atoms with van der Waals surface area (Å²) in [4.78, 5) is 43.5. The number of rotatable bonds is 6. The molecule has 2 aromatic rings. The Hall–Kier alpha value is -3.35. The van der Waals surface area contributed by atoms with Crippen LogP contribution in [0.4, 0.5) is 0 Å². The minimum atomic E-state index is -0.599. The zero-order chi connectivity index (χ0) is 24.8. The van der Waals surface area contributed by atoms with Crippen molar-refractivity contribution in [3.8, 4) is 5.75 Å². The zero-order valence-corrected chi connectivity index (χ0v) is 20.7. The normalized spacial score (nSPS) is 17.5. The molecular weight excluding hydrogens is 442 g/mol. The van der Waals surface area contributed by atoms with E-state index in [0.29, 0.717) is 37.2 Å². The molecule has 0 aromatic heterocycles. The SMILES string of the molecule is COc1ccc(C(=O)N[C@@H](C(=O)N2CCCCC2)C2CCN(C(=O)c3ccccc3C)CC2)cc1. The largest absolute Gasteiger partial charge is 0.497 e. The number of amides is 3. The number of likely N-dealkylation sites (tertiary alicyclic amines) is 2. The number of carbonyl (C=O) groups is 3. The summed E-state index contributed by atoms with van der Waals surface area (Å²) in [7, 11) is 1.58. The molecule has 1 N–H and O–H groups in total. The zero-order valence-electron chi connectivity index (χ0n) is 20.7. The number of nitrogens with zero attached hydrogens (tertiary/aromatic N) is 2. The summed E-state index contributed by atoms with van der Waals surface area (Å²) in [5.41, 5.74) is 2.18. The molecule has 2 aromatic carbocycles. The molecule has 2 aliphatic heterocycles. The van der Waals surface area contributed by atoms with Crippen LogP contribution in [-0.4, -0.2) is 66.9 Å². The van der Waals surface area contributed by atoms with Gasteiger partial charge in [-0.25, -0.2) is 0 Å². The van der Waals surface area contributed by atoms with Crippen LogP contribution in [0.1, 0.15) is 58.4 Å². The van der Waals surface area contributed by atoms with Gasteiger partial charge in [0.05, 0.1) is 7.11 Å². The van der Waals surface area contributed by atoms with Crippen molar-refractivity contribution in [1.29, 1.82) is 0 Å². The number of methoxy groups -OCH3 is 1. The fraction of sp³-hybridized carbons (Fsp3) is 0.464. The van der Waals surface area contributed by atoms with Crippen LogP contribution in [0.5, 0.6) is 5.75 Å². The molecule has 2 fully saturated rings. The highest BCUT2D eigenvalue weighted by molar-refractivity contribution is 5.98. The molecule has 0 spiro atoms. The number of hydrogen-bond donors (Lipinski definition) is 1. The molecule has 0 aliphatic carbocycles. The smallest absolute Gasteiger partial charge is 0.254 e. The van der Waals surface area contributed by atoms with Crippen LogP contribution in [0.15, 0.2) is 48.5 Å². The molecule has 2 aliphatic rings. The number of carbonyl (C=O) groups excluding carboxylic acids is 3. The van der Waals surface area contributed by atoms with E-state index in [1.165, 1.54) is 0 Å². The van der Waals surface area contributed by atoms with Crippen LogP contribution in [0.3, 0.4) is 0 Å². The monoisotopic (exact) mass is 477 g/mol. The standard InChI is InChI=1S/C28H35N3O4/c1-20-8-4-5-9-24(20)27(33)31-18-14-21(15-19-31)25(28(34)30-16-6-3-7-17-30)29-26(32)22-10-12-23(35-2)13-11-22/h4-5,8-13,21,25H,3,6-7,14-19H2,1-2H3,(H,29,32)/t25-/m1/s1. The predicted molar refractivity (Wildman–Crippen MR) is 134 cm³/mol. The van der Waals surface area contributed by atoms with E-state index in [-0.39, 0.29) is 23.6 Å². The highest BCUT2D eigenvalue weighted by Crippen LogP contribution is 2.25. The lowest BCUT2D eigenvalue weighted by Gasteiger charge is -2.38. The summed E-state index contributed by atoms with van der Waals surface area (Å²) in [6.45, 7) is 4.55. The number of benzene rings is 2. The fourth-order valence-electron chi connectivity index (χ4n) is 5.08. The summed E-state index contributed by atoms with van der Waals surface area (Å²) in [5, 5.41) is 3.05. The van der Waals surface area contributed by atoms with Gasteiger partial charge in [-0.1, -0.05) is 18.2 Å². The lowest BCUT2D eigenvalue weighted by atomic mass is 9.87. The quantitative estimate of drug-likeness (QED) is 0.689. The average molecular weight is 478 g/mol. The van der Waals surface area contributed by atoms with Gasteiger partial charge in [-0.05, 0) is 80.8 Å². The first kappa shape index (κ1) is 24.8. The van der Waals surface area contributed by atoms with Gasteiger partial charge in [-0.15, -0.1) is 0 Å². The molecule has 2 heterocycles. The molecule has 3 amide bonds. The second-order valence-electron chi connectivity index (χ2n) is 9.51. The van der Waals surface area contributed by atoms with E-state index in [4.69, 9.17) is 4.74 Å². The van der Waals surface area contributed by atoms with Gasteiger partial charge in [0.15, 0.2) is 0 Å². The number of aryl methyl sites for hydroxylation is 1. The van der Waals surface area contributed by atoms with Crippen LogP contribution in [0.2, 0.25) is 0 Å². The van der Waals surface area contributed by atoms with Gasteiger partial charge in [0.1, 0.15) is 11.8 Å². The third kappa shape index (κ3) is 5.84. The van der Waals surface area contributed by atoms with Crippen molar-refractivity contribution < 1.29 is 19.1 Å². The molecule has 7 nitrogen and oxygen atoms in total. The van der Waals surface area contributed by atoms with Gasteiger partial charge >= 0.3 is 0 Å².